The van der Waals surface area contributed by atoms with Crippen LogP contribution in [0.25, 0.3) is 17.0 Å². The molecular formula is C22H23N3O2S. The molecule has 1 aliphatic heterocycles. The Morgan fingerprint density at radius 1 is 1.21 bits per heavy atom. The van der Waals surface area contributed by atoms with Crippen LogP contribution in [0.5, 0.6) is 0 Å². The first-order valence-corrected chi connectivity index (χ1v) is 10.4. The molecule has 0 saturated heterocycles. The summed E-state index contributed by atoms with van der Waals surface area (Å²) < 4.78 is 0. The number of H-pyrrole nitrogens is 1. The number of benzene rings is 2. The number of carbonyl (C=O) groups excluding carboxylic acids is 1. The Hall–Kier alpha value is -2.54. The molecule has 6 heteroatoms. The van der Waals surface area contributed by atoms with Crippen molar-refractivity contribution < 1.29 is 10.0 Å². The minimum absolute atomic E-state index is 0.536. The van der Waals surface area contributed by atoms with Crippen molar-refractivity contribution in [3.63, 3.8) is 0 Å². The SMILES string of the molecule is O=C(/C=C/c1ccc(CNCCc2cccc3c4c([nH]c23)SCC4)cc1)NO. The van der Waals surface area contributed by atoms with Crippen molar-refractivity contribution in [3.8, 4) is 0 Å². The van der Waals surface area contributed by atoms with Gasteiger partial charge in [-0.1, -0.05) is 42.5 Å². The van der Waals surface area contributed by atoms with Crippen molar-refractivity contribution >= 4 is 34.6 Å². The summed E-state index contributed by atoms with van der Waals surface area (Å²) in [7, 11) is 0. The van der Waals surface area contributed by atoms with Crippen molar-refractivity contribution in [2.75, 3.05) is 12.3 Å². The highest BCUT2D eigenvalue weighted by atomic mass is 32.2. The monoisotopic (exact) mass is 393 g/mol. The van der Waals surface area contributed by atoms with Gasteiger partial charge >= 0.3 is 0 Å². The Morgan fingerprint density at radius 2 is 2.07 bits per heavy atom. The van der Waals surface area contributed by atoms with Crippen molar-refractivity contribution in [3.05, 3.63) is 70.8 Å². The summed E-state index contributed by atoms with van der Waals surface area (Å²) in [5, 5.41) is 14.7. The highest BCUT2D eigenvalue weighted by Crippen LogP contribution is 2.37. The van der Waals surface area contributed by atoms with Crippen LogP contribution < -0.4 is 10.8 Å². The molecule has 0 spiro atoms. The number of thioether (sulfide) groups is 1. The van der Waals surface area contributed by atoms with E-state index in [4.69, 9.17) is 5.21 Å². The molecule has 0 fully saturated rings. The first kappa shape index (κ1) is 18.8. The molecule has 2 heterocycles. The normalized spacial score (nSPS) is 13.3. The topological polar surface area (TPSA) is 77.2 Å². The molecule has 0 saturated carbocycles. The molecule has 1 aliphatic rings. The van der Waals surface area contributed by atoms with Crippen molar-refractivity contribution in [2.45, 2.75) is 24.4 Å². The molecule has 2 aromatic carbocycles. The van der Waals surface area contributed by atoms with E-state index < -0.39 is 5.91 Å². The molecule has 5 nitrogen and oxygen atoms in total. The third-order valence-electron chi connectivity index (χ3n) is 5.00. The number of hydrogen-bond acceptors (Lipinski definition) is 4. The zero-order chi connectivity index (χ0) is 19.3. The van der Waals surface area contributed by atoms with E-state index in [1.165, 1.54) is 44.4 Å². The van der Waals surface area contributed by atoms with E-state index in [2.05, 4.69) is 28.5 Å². The number of carbonyl (C=O) groups is 1. The molecule has 0 unspecified atom stereocenters. The van der Waals surface area contributed by atoms with Gasteiger partial charge in [-0.2, -0.15) is 0 Å². The summed E-state index contributed by atoms with van der Waals surface area (Å²) in [6.45, 7) is 1.71. The second kappa shape index (κ2) is 8.65. The van der Waals surface area contributed by atoms with Gasteiger partial charge in [-0.15, -0.1) is 11.8 Å². The average Bonchev–Trinajstić information content (AvgIpc) is 3.32. The number of hydroxylamine groups is 1. The molecular weight excluding hydrogens is 370 g/mol. The van der Waals surface area contributed by atoms with Gasteiger partial charge in [0.1, 0.15) is 0 Å². The van der Waals surface area contributed by atoms with E-state index in [0.717, 1.165) is 31.5 Å². The van der Waals surface area contributed by atoms with Crippen LogP contribution in [0, 0.1) is 0 Å². The van der Waals surface area contributed by atoms with Crippen LogP contribution >= 0.6 is 11.8 Å². The lowest BCUT2D eigenvalue weighted by molar-refractivity contribution is -0.124. The summed E-state index contributed by atoms with van der Waals surface area (Å²) in [4.78, 5) is 14.6. The lowest BCUT2D eigenvalue weighted by atomic mass is 10.1. The van der Waals surface area contributed by atoms with Crippen molar-refractivity contribution in [1.29, 1.82) is 0 Å². The van der Waals surface area contributed by atoms with Gasteiger partial charge in [0.15, 0.2) is 0 Å². The Bertz CT molecular complexity index is 1010. The van der Waals surface area contributed by atoms with Gasteiger partial charge in [-0.25, -0.2) is 5.48 Å². The molecule has 1 aromatic heterocycles. The summed E-state index contributed by atoms with van der Waals surface area (Å²) >= 11 is 1.92. The van der Waals surface area contributed by atoms with Gasteiger partial charge in [-0.05, 0) is 47.7 Å². The fourth-order valence-electron chi connectivity index (χ4n) is 3.56. The van der Waals surface area contributed by atoms with E-state index in [-0.39, 0.29) is 0 Å². The molecule has 1 amide bonds. The largest absolute Gasteiger partial charge is 0.349 e. The maximum atomic E-state index is 11.0. The van der Waals surface area contributed by atoms with E-state index in [9.17, 15) is 4.79 Å². The third-order valence-corrected chi connectivity index (χ3v) is 6.05. The highest BCUT2D eigenvalue weighted by molar-refractivity contribution is 7.99. The molecule has 4 rings (SSSR count). The van der Waals surface area contributed by atoms with Crippen LogP contribution in [-0.2, 0) is 24.2 Å². The molecule has 28 heavy (non-hydrogen) atoms. The van der Waals surface area contributed by atoms with Crippen LogP contribution in [0.2, 0.25) is 0 Å². The third kappa shape index (κ3) is 4.14. The summed E-state index contributed by atoms with van der Waals surface area (Å²) in [6.07, 6.45) is 5.11. The molecule has 3 aromatic rings. The maximum Gasteiger partial charge on any atom is 0.267 e. The van der Waals surface area contributed by atoms with Gasteiger partial charge < -0.3 is 10.3 Å². The van der Waals surface area contributed by atoms with E-state index in [1.807, 2.05) is 36.0 Å². The van der Waals surface area contributed by atoms with Gasteiger partial charge in [0.25, 0.3) is 5.91 Å². The van der Waals surface area contributed by atoms with E-state index >= 15 is 0 Å². The minimum atomic E-state index is -0.536. The minimum Gasteiger partial charge on any atom is -0.349 e. The lowest BCUT2D eigenvalue weighted by Crippen LogP contribution is -2.16. The van der Waals surface area contributed by atoms with Crippen molar-refractivity contribution in [1.82, 2.24) is 15.8 Å². The molecule has 0 atom stereocenters. The number of para-hydroxylation sites is 1. The molecule has 144 valence electrons. The summed E-state index contributed by atoms with van der Waals surface area (Å²) in [5.74, 6) is 0.651. The summed E-state index contributed by atoms with van der Waals surface area (Å²) in [6, 6.07) is 14.6. The highest BCUT2D eigenvalue weighted by Gasteiger charge is 2.18. The number of nitrogens with one attached hydrogen (secondary N) is 3. The zero-order valence-corrected chi connectivity index (χ0v) is 16.3. The quantitative estimate of drug-likeness (QED) is 0.214. The smallest absolute Gasteiger partial charge is 0.267 e. The van der Waals surface area contributed by atoms with E-state index in [1.54, 1.807) is 11.6 Å². The van der Waals surface area contributed by atoms with Crippen LogP contribution in [0.4, 0.5) is 0 Å². The van der Waals surface area contributed by atoms with Crippen LogP contribution in [0.3, 0.4) is 0 Å². The Morgan fingerprint density at radius 3 is 2.89 bits per heavy atom. The first-order valence-electron chi connectivity index (χ1n) is 9.41. The number of rotatable bonds is 7. The van der Waals surface area contributed by atoms with Crippen molar-refractivity contribution in [2.24, 2.45) is 0 Å². The predicted molar refractivity (Wildman–Crippen MR) is 114 cm³/mol. The second-order valence-corrected chi connectivity index (χ2v) is 7.95. The number of aryl methyl sites for hydroxylation is 1. The standard InChI is InChI=1S/C22H23N3O2S/c26-20(25-27)9-8-15-4-6-16(7-5-15)14-23-12-10-17-2-1-3-18-19-11-13-28-22(19)24-21(17)18/h1-9,23-24,27H,10-14H2,(H,25,26)/b9-8+. The maximum absolute atomic E-state index is 11.0. The number of aromatic nitrogens is 1. The Kier molecular flexibility index (Phi) is 5.81. The average molecular weight is 394 g/mol. The zero-order valence-electron chi connectivity index (χ0n) is 15.5. The number of amides is 1. The Labute approximate surface area is 168 Å². The lowest BCUT2D eigenvalue weighted by Gasteiger charge is -2.07. The van der Waals surface area contributed by atoms with Gasteiger partial charge in [-0.3, -0.25) is 10.0 Å². The fraction of sp³-hybridized carbons (Fsp3) is 0.227. The van der Waals surface area contributed by atoms with E-state index in [0.29, 0.717) is 0 Å². The Balaban J connectivity index is 1.31. The van der Waals surface area contributed by atoms with Crippen LogP contribution in [0.1, 0.15) is 22.3 Å². The van der Waals surface area contributed by atoms with Gasteiger partial charge in [0.05, 0.1) is 5.03 Å². The van der Waals surface area contributed by atoms with Gasteiger partial charge in [0.2, 0.25) is 0 Å². The number of aromatic amines is 1. The molecule has 0 bridgehead atoms. The first-order chi connectivity index (χ1) is 13.7. The predicted octanol–water partition coefficient (Wildman–Crippen LogP) is 3.67. The number of hydrogen-bond donors (Lipinski definition) is 4. The van der Waals surface area contributed by atoms with Crippen LogP contribution in [-0.4, -0.2) is 28.4 Å². The molecule has 4 N–H and O–H groups in total. The summed E-state index contributed by atoms with van der Waals surface area (Å²) in [5.41, 5.74) is 7.83. The fourth-order valence-corrected chi connectivity index (χ4v) is 4.63. The number of fused-ring (bicyclic) bond motifs is 3. The molecule has 0 aliphatic carbocycles. The van der Waals surface area contributed by atoms with Crippen LogP contribution in [0.15, 0.2) is 53.6 Å². The molecule has 0 radical (unpaired) electrons. The van der Waals surface area contributed by atoms with Gasteiger partial charge in [0, 0.05) is 29.3 Å². The second-order valence-electron chi connectivity index (χ2n) is 6.85.